The molecule has 1 aromatic rings. The predicted octanol–water partition coefficient (Wildman–Crippen LogP) is 3.29. The van der Waals surface area contributed by atoms with Crippen molar-refractivity contribution in [2.75, 3.05) is 7.11 Å². The van der Waals surface area contributed by atoms with E-state index in [9.17, 15) is 9.00 Å². The highest BCUT2D eigenvalue weighted by Crippen LogP contribution is 2.24. The Morgan fingerprint density at radius 1 is 1.44 bits per heavy atom. The van der Waals surface area contributed by atoms with E-state index >= 15 is 0 Å². The van der Waals surface area contributed by atoms with Gasteiger partial charge in [-0.2, -0.15) is 0 Å². The van der Waals surface area contributed by atoms with E-state index in [0.717, 1.165) is 17.3 Å². The van der Waals surface area contributed by atoms with Gasteiger partial charge in [0.05, 0.1) is 22.8 Å². The standard InChI is InChI=1S/C13H17BrO3S/c1-3-4-8-12(13(15)17-2)18(16)11-9-6-5-7-10(11)14/h5-7,9,12H,3-4,8H2,1-2H3. The molecule has 0 saturated heterocycles. The summed E-state index contributed by atoms with van der Waals surface area (Å²) >= 11 is 3.36. The Labute approximate surface area is 119 Å². The lowest BCUT2D eigenvalue weighted by atomic mass is 10.2. The lowest BCUT2D eigenvalue weighted by molar-refractivity contribution is -0.140. The van der Waals surface area contributed by atoms with Crippen molar-refractivity contribution in [3.63, 3.8) is 0 Å². The van der Waals surface area contributed by atoms with Crippen LogP contribution in [0.4, 0.5) is 0 Å². The van der Waals surface area contributed by atoms with Crippen LogP contribution >= 0.6 is 15.9 Å². The SMILES string of the molecule is CCCCC(C(=O)OC)S(=O)c1ccccc1Br. The highest BCUT2D eigenvalue weighted by atomic mass is 79.9. The molecule has 3 nitrogen and oxygen atoms in total. The van der Waals surface area contributed by atoms with E-state index in [0.29, 0.717) is 11.3 Å². The van der Waals surface area contributed by atoms with E-state index in [-0.39, 0.29) is 0 Å². The van der Waals surface area contributed by atoms with Crippen LogP contribution in [-0.2, 0) is 20.3 Å². The normalized spacial score (nSPS) is 13.9. The highest BCUT2D eigenvalue weighted by Gasteiger charge is 2.27. The largest absolute Gasteiger partial charge is 0.468 e. The first-order chi connectivity index (χ1) is 8.61. The fourth-order valence-corrected chi connectivity index (χ4v) is 3.79. The molecule has 0 aromatic heterocycles. The van der Waals surface area contributed by atoms with Crippen LogP contribution in [0.15, 0.2) is 33.6 Å². The third-order valence-electron chi connectivity index (χ3n) is 2.60. The Balaban J connectivity index is 2.95. The number of ether oxygens (including phenoxy) is 1. The Kier molecular flexibility index (Phi) is 6.57. The third kappa shape index (κ3) is 3.92. The summed E-state index contributed by atoms with van der Waals surface area (Å²) in [6, 6.07) is 7.25. The van der Waals surface area contributed by atoms with Crippen LogP contribution < -0.4 is 0 Å². The number of halogens is 1. The van der Waals surface area contributed by atoms with Gasteiger partial charge in [-0.15, -0.1) is 0 Å². The number of esters is 1. The summed E-state index contributed by atoms with van der Waals surface area (Å²) < 4.78 is 18.0. The average Bonchev–Trinajstić information content (AvgIpc) is 2.39. The van der Waals surface area contributed by atoms with Gasteiger partial charge in [-0.25, -0.2) is 0 Å². The maximum Gasteiger partial charge on any atom is 0.321 e. The van der Waals surface area contributed by atoms with E-state index in [2.05, 4.69) is 15.9 Å². The first-order valence-electron chi connectivity index (χ1n) is 5.84. The Hall–Kier alpha value is -0.680. The minimum absolute atomic E-state index is 0.405. The molecule has 18 heavy (non-hydrogen) atoms. The van der Waals surface area contributed by atoms with Crippen molar-refractivity contribution in [3.05, 3.63) is 28.7 Å². The van der Waals surface area contributed by atoms with Crippen LogP contribution in [0, 0.1) is 0 Å². The zero-order chi connectivity index (χ0) is 13.5. The molecule has 1 aromatic carbocycles. The van der Waals surface area contributed by atoms with Crippen molar-refractivity contribution in [2.24, 2.45) is 0 Å². The summed E-state index contributed by atoms with van der Waals surface area (Å²) in [5, 5.41) is -0.589. The fraction of sp³-hybridized carbons (Fsp3) is 0.462. The van der Waals surface area contributed by atoms with E-state index in [1.165, 1.54) is 7.11 Å². The summed E-state index contributed by atoms with van der Waals surface area (Å²) in [4.78, 5) is 12.4. The molecule has 0 bridgehead atoms. The average molecular weight is 333 g/mol. The summed E-state index contributed by atoms with van der Waals surface area (Å²) in [5.74, 6) is -0.405. The van der Waals surface area contributed by atoms with Crippen molar-refractivity contribution in [1.82, 2.24) is 0 Å². The van der Waals surface area contributed by atoms with E-state index < -0.39 is 22.0 Å². The summed E-state index contributed by atoms with van der Waals surface area (Å²) in [6.45, 7) is 2.04. The molecule has 0 aliphatic heterocycles. The van der Waals surface area contributed by atoms with Gasteiger partial charge >= 0.3 is 5.97 Å². The maximum atomic E-state index is 12.5. The highest BCUT2D eigenvalue weighted by molar-refractivity contribution is 9.10. The molecule has 2 atom stereocenters. The molecule has 0 N–H and O–H groups in total. The fourth-order valence-electron chi connectivity index (χ4n) is 1.59. The van der Waals surface area contributed by atoms with E-state index in [1.807, 2.05) is 25.1 Å². The molecule has 5 heteroatoms. The van der Waals surface area contributed by atoms with Gasteiger partial charge in [-0.05, 0) is 34.5 Å². The second-order valence-electron chi connectivity index (χ2n) is 3.88. The second kappa shape index (κ2) is 7.69. The van der Waals surface area contributed by atoms with Gasteiger partial charge in [0.15, 0.2) is 0 Å². The van der Waals surface area contributed by atoms with Crippen LogP contribution in [0.25, 0.3) is 0 Å². The van der Waals surface area contributed by atoms with Crippen LogP contribution in [0.1, 0.15) is 26.2 Å². The number of benzene rings is 1. The summed E-state index contributed by atoms with van der Waals surface area (Å²) in [7, 11) is -0.0538. The number of methoxy groups -OCH3 is 1. The van der Waals surface area contributed by atoms with Gasteiger partial charge in [-0.3, -0.25) is 9.00 Å². The number of carbonyl (C=O) groups is 1. The minimum atomic E-state index is -1.39. The maximum absolute atomic E-state index is 12.5. The summed E-state index contributed by atoms with van der Waals surface area (Å²) in [5.41, 5.74) is 0. The van der Waals surface area contributed by atoms with E-state index in [1.54, 1.807) is 6.07 Å². The van der Waals surface area contributed by atoms with Crippen molar-refractivity contribution in [1.29, 1.82) is 0 Å². The van der Waals surface area contributed by atoms with Gasteiger partial charge in [0.2, 0.25) is 0 Å². The van der Waals surface area contributed by atoms with Gasteiger partial charge in [-0.1, -0.05) is 31.9 Å². The van der Waals surface area contributed by atoms with Crippen LogP contribution in [-0.4, -0.2) is 22.5 Å². The smallest absolute Gasteiger partial charge is 0.321 e. The topological polar surface area (TPSA) is 43.4 Å². The van der Waals surface area contributed by atoms with E-state index in [4.69, 9.17) is 4.74 Å². The zero-order valence-electron chi connectivity index (χ0n) is 10.5. The number of hydrogen-bond acceptors (Lipinski definition) is 3. The van der Waals surface area contributed by atoms with Crippen LogP contribution in [0.5, 0.6) is 0 Å². The molecule has 0 spiro atoms. The monoisotopic (exact) mass is 332 g/mol. The van der Waals surface area contributed by atoms with Gasteiger partial charge in [0, 0.05) is 4.47 Å². The minimum Gasteiger partial charge on any atom is -0.468 e. The first-order valence-corrected chi connectivity index (χ1v) is 7.85. The van der Waals surface area contributed by atoms with Gasteiger partial charge in [0.1, 0.15) is 5.25 Å². The molecule has 2 unspecified atom stereocenters. The molecule has 100 valence electrons. The van der Waals surface area contributed by atoms with Crippen LogP contribution in [0.2, 0.25) is 0 Å². The predicted molar refractivity (Wildman–Crippen MR) is 75.9 cm³/mol. The second-order valence-corrected chi connectivity index (χ2v) is 6.34. The number of carbonyl (C=O) groups excluding carboxylic acids is 1. The molecule has 0 aliphatic rings. The molecule has 0 fully saturated rings. The lowest BCUT2D eigenvalue weighted by Gasteiger charge is -2.14. The first kappa shape index (κ1) is 15.4. The van der Waals surface area contributed by atoms with Crippen molar-refractivity contribution < 1.29 is 13.7 Å². The molecule has 0 heterocycles. The third-order valence-corrected chi connectivity index (χ3v) is 5.28. The lowest BCUT2D eigenvalue weighted by Crippen LogP contribution is -2.27. The molecular formula is C13H17BrO3S. The molecule has 0 amide bonds. The Morgan fingerprint density at radius 3 is 2.67 bits per heavy atom. The number of hydrogen-bond donors (Lipinski definition) is 0. The van der Waals surface area contributed by atoms with Crippen molar-refractivity contribution in [2.45, 2.75) is 36.3 Å². The van der Waals surface area contributed by atoms with Crippen LogP contribution in [0.3, 0.4) is 0 Å². The Bertz CT molecular complexity index is 434. The number of unbranched alkanes of at least 4 members (excludes halogenated alkanes) is 1. The number of rotatable bonds is 6. The molecule has 0 radical (unpaired) electrons. The Morgan fingerprint density at radius 2 is 2.11 bits per heavy atom. The van der Waals surface area contributed by atoms with Gasteiger partial charge < -0.3 is 4.74 Å². The molecular weight excluding hydrogens is 316 g/mol. The molecule has 0 aliphatic carbocycles. The molecule has 1 rings (SSSR count). The summed E-state index contributed by atoms with van der Waals surface area (Å²) in [6.07, 6.45) is 2.40. The zero-order valence-corrected chi connectivity index (χ0v) is 12.9. The van der Waals surface area contributed by atoms with Crippen molar-refractivity contribution >= 4 is 32.7 Å². The van der Waals surface area contributed by atoms with Crippen molar-refractivity contribution in [3.8, 4) is 0 Å². The molecule has 0 saturated carbocycles. The van der Waals surface area contributed by atoms with Gasteiger partial charge in [0.25, 0.3) is 0 Å². The quantitative estimate of drug-likeness (QED) is 0.751.